The van der Waals surface area contributed by atoms with Crippen LogP contribution in [0.2, 0.25) is 0 Å². The van der Waals surface area contributed by atoms with Crippen molar-refractivity contribution in [3.8, 4) is 78.7 Å². The van der Waals surface area contributed by atoms with Crippen molar-refractivity contribution < 1.29 is 4.42 Å². The van der Waals surface area contributed by atoms with Crippen molar-refractivity contribution >= 4 is 53.4 Å². The standard InChI is InChI=1S/C60H39N3OS/c1-60(2)49-24-8-6-21-46(49)55-43(22-12-25-50(55)60)40-18-10-17-38(32-40)39-29-31-51-48(34-39)56-47(23-13-26-52(56)64-51)59-62-57(41-19-11-16-37(33-41)36-14-4-3-5-15-36)61-58(63-59)42-28-30-45-44-20-7-9-27-53(44)65-54(45)35-42/h3-35H,1-2H3. The SMILES string of the molecule is CC1(C)c2ccccc2-c2c(-c3cccc(-c4ccc5oc6cccc(-c7nc(-c8cccc(-c9ccccc9)c8)nc(-c8ccc9c(c8)sc8ccccc89)n7)c6c5c4)c3)cccc21. The summed E-state index contributed by atoms with van der Waals surface area (Å²) in [7, 11) is 0. The van der Waals surface area contributed by atoms with E-state index in [4.69, 9.17) is 19.4 Å². The van der Waals surface area contributed by atoms with Crippen LogP contribution in [0.3, 0.4) is 0 Å². The van der Waals surface area contributed by atoms with E-state index < -0.39 is 0 Å². The molecule has 0 aliphatic heterocycles. The van der Waals surface area contributed by atoms with Crippen molar-refractivity contribution in [2.24, 2.45) is 0 Å². The lowest BCUT2D eigenvalue weighted by Gasteiger charge is -2.21. The molecule has 0 saturated heterocycles. The Hall–Kier alpha value is -7.99. The zero-order chi connectivity index (χ0) is 43.2. The van der Waals surface area contributed by atoms with E-state index in [9.17, 15) is 0 Å². The third kappa shape index (κ3) is 6.07. The highest BCUT2D eigenvalue weighted by molar-refractivity contribution is 7.25. The summed E-state index contributed by atoms with van der Waals surface area (Å²) in [6.45, 7) is 4.67. The Balaban J connectivity index is 0.967. The first-order valence-corrected chi connectivity index (χ1v) is 22.9. The van der Waals surface area contributed by atoms with E-state index in [0.29, 0.717) is 17.5 Å². The molecule has 3 heterocycles. The van der Waals surface area contributed by atoms with Crippen LogP contribution in [0, 0.1) is 0 Å². The molecule has 0 radical (unpaired) electrons. The lowest BCUT2D eigenvalue weighted by atomic mass is 9.82. The zero-order valence-corrected chi connectivity index (χ0v) is 36.5. The molecule has 0 fully saturated rings. The van der Waals surface area contributed by atoms with Crippen molar-refractivity contribution in [1.29, 1.82) is 0 Å². The molecule has 4 nitrogen and oxygen atoms in total. The highest BCUT2D eigenvalue weighted by Gasteiger charge is 2.36. The Morgan fingerprint density at radius 2 is 0.954 bits per heavy atom. The van der Waals surface area contributed by atoms with Gasteiger partial charge in [-0.1, -0.05) is 172 Å². The van der Waals surface area contributed by atoms with Gasteiger partial charge >= 0.3 is 0 Å². The molecule has 13 rings (SSSR count). The van der Waals surface area contributed by atoms with E-state index in [2.05, 4.69) is 196 Å². The van der Waals surface area contributed by atoms with Crippen LogP contribution in [-0.2, 0) is 5.41 Å². The summed E-state index contributed by atoms with van der Waals surface area (Å²) in [6.07, 6.45) is 0. The minimum atomic E-state index is -0.0658. The summed E-state index contributed by atoms with van der Waals surface area (Å²) < 4.78 is 9.06. The first-order valence-electron chi connectivity index (χ1n) is 22.1. The molecule has 0 unspecified atom stereocenters. The molecule has 12 aromatic rings. The van der Waals surface area contributed by atoms with Gasteiger partial charge in [-0.2, -0.15) is 0 Å². The van der Waals surface area contributed by atoms with Crippen LogP contribution < -0.4 is 0 Å². The van der Waals surface area contributed by atoms with Crippen molar-refractivity contribution in [2.75, 3.05) is 0 Å². The fourth-order valence-electron chi connectivity index (χ4n) is 10.1. The van der Waals surface area contributed by atoms with Gasteiger partial charge in [-0.3, -0.25) is 0 Å². The Morgan fingerprint density at radius 1 is 0.369 bits per heavy atom. The maximum atomic E-state index is 6.60. The maximum Gasteiger partial charge on any atom is 0.164 e. The molecule has 0 N–H and O–H groups in total. The van der Waals surface area contributed by atoms with Gasteiger partial charge in [0.05, 0.1) is 0 Å². The van der Waals surface area contributed by atoms with E-state index in [1.807, 2.05) is 18.2 Å². The first-order chi connectivity index (χ1) is 31.9. The second-order valence-electron chi connectivity index (χ2n) is 17.5. The Bertz CT molecular complexity index is 3880. The van der Waals surface area contributed by atoms with Gasteiger partial charge in [-0.25, -0.2) is 15.0 Å². The molecule has 65 heavy (non-hydrogen) atoms. The normalized spacial score (nSPS) is 12.9. The number of hydrogen-bond acceptors (Lipinski definition) is 5. The average molecular weight is 850 g/mol. The summed E-state index contributed by atoms with van der Waals surface area (Å²) in [5.74, 6) is 1.82. The van der Waals surface area contributed by atoms with E-state index in [0.717, 1.165) is 60.9 Å². The highest BCUT2D eigenvalue weighted by atomic mass is 32.1. The monoisotopic (exact) mass is 849 g/mol. The van der Waals surface area contributed by atoms with Crippen molar-refractivity contribution in [2.45, 2.75) is 19.3 Å². The quantitative estimate of drug-likeness (QED) is 0.167. The smallest absolute Gasteiger partial charge is 0.164 e. The summed E-state index contributed by atoms with van der Waals surface area (Å²) in [6, 6.07) is 71.3. The molecule has 306 valence electrons. The molecule has 3 aromatic heterocycles. The molecule has 0 saturated carbocycles. The predicted molar refractivity (Wildman–Crippen MR) is 270 cm³/mol. The summed E-state index contributed by atoms with van der Waals surface area (Å²) in [5.41, 5.74) is 16.6. The second-order valence-corrected chi connectivity index (χ2v) is 18.6. The largest absolute Gasteiger partial charge is 0.456 e. The van der Waals surface area contributed by atoms with Crippen LogP contribution in [0.1, 0.15) is 25.0 Å². The van der Waals surface area contributed by atoms with Crippen LogP contribution in [0.15, 0.2) is 205 Å². The highest BCUT2D eigenvalue weighted by Crippen LogP contribution is 2.52. The van der Waals surface area contributed by atoms with Crippen LogP contribution in [0.5, 0.6) is 0 Å². The second kappa shape index (κ2) is 14.5. The van der Waals surface area contributed by atoms with Gasteiger partial charge in [0.1, 0.15) is 11.2 Å². The minimum absolute atomic E-state index is 0.0658. The Morgan fingerprint density at radius 3 is 1.83 bits per heavy atom. The third-order valence-corrected chi connectivity index (χ3v) is 14.5. The minimum Gasteiger partial charge on any atom is -0.456 e. The molecular formula is C60H39N3OS. The molecule has 0 spiro atoms. The molecule has 1 aliphatic rings. The Labute approximate surface area is 380 Å². The summed E-state index contributed by atoms with van der Waals surface area (Å²) in [4.78, 5) is 15.8. The fourth-order valence-corrected chi connectivity index (χ4v) is 11.3. The fraction of sp³-hybridized carbons (Fsp3) is 0.0500. The van der Waals surface area contributed by atoms with Crippen molar-refractivity contribution in [3.05, 3.63) is 211 Å². The molecular weight excluding hydrogens is 811 g/mol. The zero-order valence-electron chi connectivity index (χ0n) is 35.7. The molecule has 9 aromatic carbocycles. The number of rotatable bonds is 6. The number of hydrogen-bond donors (Lipinski definition) is 0. The van der Waals surface area contributed by atoms with E-state index in [1.165, 1.54) is 53.6 Å². The number of thiophene rings is 1. The molecule has 0 atom stereocenters. The van der Waals surface area contributed by atoms with Gasteiger partial charge in [0, 0.05) is 53.1 Å². The van der Waals surface area contributed by atoms with Gasteiger partial charge < -0.3 is 4.42 Å². The lowest BCUT2D eigenvalue weighted by molar-refractivity contribution is 0.660. The molecule has 5 heteroatoms. The topological polar surface area (TPSA) is 51.8 Å². The lowest BCUT2D eigenvalue weighted by Crippen LogP contribution is -2.14. The number of benzene rings is 9. The van der Waals surface area contributed by atoms with Gasteiger partial charge in [-0.15, -0.1) is 11.3 Å². The maximum absolute atomic E-state index is 6.60. The number of fused-ring (bicyclic) bond motifs is 9. The van der Waals surface area contributed by atoms with Gasteiger partial charge in [0.15, 0.2) is 17.5 Å². The summed E-state index contributed by atoms with van der Waals surface area (Å²) in [5, 5.41) is 4.48. The van der Waals surface area contributed by atoms with Crippen molar-refractivity contribution in [3.63, 3.8) is 0 Å². The Kier molecular flexibility index (Phi) is 8.39. The van der Waals surface area contributed by atoms with Crippen LogP contribution >= 0.6 is 11.3 Å². The van der Waals surface area contributed by atoms with E-state index in [-0.39, 0.29) is 5.41 Å². The number of furan rings is 1. The van der Waals surface area contributed by atoms with Crippen LogP contribution in [0.4, 0.5) is 0 Å². The van der Waals surface area contributed by atoms with Crippen LogP contribution in [-0.4, -0.2) is 15.0 Å². The van der Waals surface area contributed by atoms with Crippen LogP contribution in [0.25, 0.3) is 121 Å². The van der Waals surface area contributed by atoms with Gasteiger partial charge in [-0.05, 0) is 98.1 Å². The van der Waals surface area contributed by atoms with E-state index in [1.54, 1.807) is 11.3 Å². The number of nitrogens with zero attached hydrogens (tertiary/aromatic N) is 3. The predicted octanol–water partition coefficient (Wildman–Crippen LogP) is 16.4. The third-order valence-electron chi connectivity index (χ3n) is 13.4. The van der Waals surface area contributed by atoms with E-state index >= 15 is 0 Å². The van der Waals surface area contributed by atoms with Gasteiger partial charge in [0.2, 0.25) is 0 Å². The number of aromatic nitrogens is 3. The summed E-state index contributed by atoms with van der Waals surface area (Å²) >= 11 is 1.79. The molecule has 0 bridgehead atoms. The van der Waals surface area contributed by atoms with Crippen molar-refractivity contribution in [1.82, 2.24) is 15.0 Å². The molecule has 1 aliphatic carbocycles. The van der Waals surface area contributed by atoms with Gasteiger partial charge in [0.25, 0.3) is 0 Å². The molecule has 0 amide bonds. The first kappa shape index (κ1) is 37.6. The average Bonchev–Trinajstić information content (AvgIpc) is 4.01.